The fourth-order valence-corrected chi connectivity index (χ4v) is 14.3. The fraction of sp³-hybridized carbons (Fsp3) is 0. The van der Waals surface area contributed by atoms with Gasteiger partial charge >= 0.3 is 0 Å². The van der Waals surface area contributed by atoms with Crippen LogP contribution in [0.3, 0.4) is 0 Å². The summed E-state index contributed by atoms with van der Waals surface area (Å²) >= 11 is 1.76. The van der Waals surface area contributed by atoms with E-state index in [4.69, 9.17) is 59.8 Å². The standard InChI is InChI=1S/C48H31N7.C42H26N6S/c1-5-16-32(17-6-1)43-49-44(33-18-7-2-8-19-33)51-46(50-43)35-28-30-36(31-29-35)47-52-45(34-20-9-3-10-21-34)53-48(54-47)40-26-15-25-39-38-24-13-14-27-41(38)55(42(39)40)37-22-11-4-12-23-37;1-4-14-27(15-5-1)37-43-38(28-16-6-2-7-17-28)45-40(44-37)30-20-12-21-31(26-30)41-46-39(29-18-8-3-9-19-29)47-42(48-41)34-24-13-23-33-32-22-10-11-25-35(32)49-36(33)34/h1-31H;1-26H. The lowest BCUT2D eigenvalue weighted by atomic mass is 10.1. The summed E-state index contributed by atoms with van der Waals surface area (Å²) in [5, 5.41) is 4.73. The van der Waals surface area contributed by atoms with Gasteiger partial charge in [0.25, 0.3) is 0 Å². The van der Waals surface area contributed by atoms with Crippen molar-refractivity contribution in [1.82, 2.24) is 64.4 Å². The molecule has 6 aromatic heterocycles. The van der Waals surface area contributed by atoms with Crippen molar-refractivity contribution >= 4 is 53.3 Å². The number of rotatable bonds is 13. The molecule has 0 bridgehead atoms. The van der Waals surface area contributed by atoms with Crippen molar-refractivity contribution in [2.24, 2.45) is 0 Å². The summed E-state index contributed by atoms with van der Waals surface area (Å²) in [6.07, 6.45) is 0. The van der Waals surface area contributed by atoms with Crippen LogP contribution >= 0.6 is 11.3 Å². The summed E-state index contributed by atoms with van der Waals surface area (Å²) in [6, 6.07) is 116. The number of aromatic nitrogens is 13. The Labute approximate surface area is 602 Å². The molecule has 13 aromatic carbocycles. The minimum atomic E-state index is 0.570. The molecule has 0 saturated heterocycles. The Hall–Kier alpha value is -14.1. The third kappa shape index (κ3) is 12.3. The second kappa shape index (κ2) is 27.6. The molecule has 0 aliphatic rings. The molecule has 0 aliphatic heterocycles. The van der Waals surface area contributed by atoms with E-state index in [0.717, 1.165) is 93.6 Å². The van der Waals surface area contributed by atoms with Crippen LogP contribution in [0.2, 0.25) is 0 Å². The SMILES string of the molecule is c1ccc(-c2nc(-c3ccccc3)nc(-c3ccc(-c4nc(-c5ccccc5)nc(-c5cccc6c7ccccc7n(-c7ccccc7)c56)n4)cc3)n2)cc1.c1ccc(-c2nc(-c3ccccc3)nc(-c3cccc(-c4nc(-c5ccccc5)nc(-c5cccc6c5sc5ccccc56)n4)c3)n2)cc1. The van der Waals surface area contributed by atoms with Crippen LogP contribution < -0.4 is 0 Å². The average molecular weight is 1350 g/mol. The molecule has 104 heavy (non-hydrogen) atoms. The highest BCUT2D eigenvalue weighted by Gasteiger charge is 2.23. The molecule has 0 aliphatic carbocycles. The van der Waals surface area contributed by atoms with Gasteiger partial charge in [-0.15, -0.1) is 11.3 Å². The van der Waals surface area contributed by atoms with E-state index >= 15 is 0 Å². The zero-order valence-electron chi connectivity index (χ0n) is 55.6. The van der Waals surface area contributed by atoms with E-state index < -0.39 is 0 Å². The molecule has 0 spiro atoms. The minimum Gasteiger partial charge on any atom is -0.309 e. The van der Waals surface area contributed by atoms with Gasteiger partial charge in [-0.3, -0.25) is 0 Å². The zero-order chi connectivity index (χ0) is 69.1. The number of para-hydroxylation sites is 3. The molecule has 13 nitrogen and oxygen atoms in total. The third-order valence-corrected chi connectivity index (χ3v) is 19.3. The number of benzene rings is 13. The number of nitrogens with zero attached hydrogens (tertiary/aromatic N) is 13. The first-order valence-corrected chi connectivity index (χ1v) is 34.9. The molecule has 14 heteroatoms. The zero-order valence-corrected chi connectivity index (χ0v) is 56.4. The highest BCUT2D eigenvalue weighted by molar-refractivity contribution is 7.26. The molecule has 0 atom stereocenters. The lowest BCUT2D eigenvalue weighted by Gasteiger charge is -2.13. The summed E-state index contributed by atoms with van der Waals surface area (Å²) in [7, 11) is 0. The van der Waals surface area contributed by atoms with E-state index in [1.807, 2.05) is 237 Å². The Morgan fingerprint density at radius 1 is 0.192 bits per heavy atom. The predicted molar refractivity (Wildman–Crippen MR) is 419 cm³/mol. The van der Waals surface area contributed by atoms with Crippen molar-refractivity contribution in [3.05, 3.63) is 346 Å². The largest absolute Gasteiger partial charge is 0.309 e. The maximum absolute atomic E-state index is 5.19. The van der Waals surface area contributed by atoms with Crippen LogP contribution in [0.25, 0.3) is 184 Å². The minimum absolute atomic E-state index is 0.570. The highest BCUT2D eigenvalue weighted by Crippen LogP contribution is 2.42. The van der Waals surface area contributed by atoms with E-state index in [9.17, 15) is 0 Å². The van der Waals surface area contributed by atoms with Crippen LogP contribution in [0.15, 0.2) is 346 Å². The van der Waals surface area contributed by atoms with Crippen LogP contribution in [-0.4, -0.2) is 64.4 Å². The van der Waals surface area contributed by atoms with Crippen LogP contribution in [0.4, 0.5) is 0 Å². The van der Waals surface area contributed by atoms with E-state index in [-0.39, 0.29) is 0 Å². The van der Waals surface area contributed by atoms with Crippen molar-refractivity contribution in [2.75, 3.05) is 0 Å². The van der Waals surface area contributed by atoms with Gasteiger partial charge < -0.3 is 4.57 Å². The average Bonchev–Trinajstić information content (AvgIpc) is 1.57. The Kier molecular flexibility index (Phi) is 16.5. The van der Waals surface area contributed by atoms with Crippen LogP contribution in [0.5, 0.6) is 0 Å². The molecule has 488 valence electrons. The van der Waals surface area contributed by atoms with Gasteiger partial charge in [-0.2, -0.15) is 0 Å². The topological polar surface area (TPSA) is 160 Å². The van der Waals surface area contributed by atoms with Gasteiger partial charge in [0, 0.05) is 103 Å². The molecule has 19 aromatic rings. The first-order valence-electron chi connectivity index (χ1n) is 34.1. The van der Waals surface area contributed by atoms with Gasteiger partial charge in [0.2, 0.25) is 0 Å². The molecule has 6 heterocycles. The van der Waals surface area contributed by atoms with E-state index in [0.29, 0.717) is 69.9 Å². The first-order chi connectivity index (χ1) is 51.5. The van der Waals surface area contributed by atoms with Gasteiger partial charge in [-0.1, -0.05) is 303 Å². The van der Waals surface area contributed by atoms with Crippen LogP contribution in [-0.2, 0) is 0 Å². The van der Waals surface area contributed by atoms with Gasteiger partial charge in [0.05, 0.1) is 11.0 Å². The lowest BCUT2D eigenvalue weighted by molar-refractivity contribution is 1.07. The van der Waals surface area contributed by atoms with Crippen LogP contribution in [0.1, 0.15) is 0 Å². The van der Waals surface area contributed by atoms with Crippen molar-refractivity contribution in [3.8, 4) is 142 Å². The molecule has 0 fully saturated rings. The van der Waals surface area contributed by atoms with Crippen molar-refractivity contribution < 1.29 is 0 Å². The molecule has 0 unspecified atom stereocenters. The maximum atomic E-state index is 5.19. The fourth-order valence-electron chi connectivity index (χ4n) is 13.1. The molecular formula is C90H57N13S. The van der Waals surface area contributed by atoms with Crippen molar-refractivity contribution in [1.29, 1.82) is 0 Å². The van der Waals surface area contributed by atoms with Crippen molar-refractivity contribution in [3.63, 3.8) is 0 Å². The summed E-state index contributed by atoms with van der Waals surface area (Å²) < 4.78 is 4.70. The Morgan fingerprint density at radius 2 is 0.471 bits per heavy atom. The molecule has 0 N–H and O–H groups in total. The Bertz CT molecular complexity index is 6210. The summed E-state index contributed by atoms with van der Waals surface area (Å²) in [5.74, 6) is 7.19. The smallest absolute Gasteiger partial charge is 0.166 e. The normalized spacial score (nSPS) is 11.3. The number of hydrogen-bond acceptors (Lipinski definition) is 13. The monoisotopic (exact) mass is 1350 g/mol. The highest BCUT2D eigenvalue weighted by atomic mass is 32.1. The third-order valence-electron chi connectivity index (χ3n) is 18.1. The Balaban J connectivity index is 0.000000149. The summed E-state index contributed by atoms with van der Waals surface area (Å²) in [4.78, 5) is 60.0. The molecule has 0 saturated carbocycles. The van der Waals surface area contributed by atoms with E-state index in [2.05, 4.69) is 114 Å². The first kappa shape index (κ1) is 62.2. The van der Waals surface area contributed by atoms with Gasteiger partial charge in [0.15, 0.2) is 69.9 Å². The summed E-state index contributed by atoms with van der Waals surface area (Å²) in [5.41, 5.74) is 14.0. The van der Waals surface area contributed by atoms with Gasteiger partial charge in [0.1, 0.15) is 0 Å². The van der Waals surface area contributed by atoms with Gasteiger partial charge in [-0.25, -0.2) is 59.8 Å². The van der Waals surface area contributed by atoms with Gasteiger partial charge in [-0.05, 0) is 42.5 Å². The summed E-state index contributed by atoms with van der Waals surface area (Å²) in [6.45, 7) is 0. The second-order valence-corrected chi connectivity index (χ2v) is 25.8. The lowest BCUT2D eigenvalue weighted by Crippen LogP contribution is -2.02. The molecule has 0 radical (unpaired) electrons. The Morgan fingerprint density at radius 3 is 0.885 bits per heavy atom. The second-order valence-electron chi connectivity index (χ2n) is 24.7. The number of thiophene rings is 1. The van der Waals surface area contributed by atoms with E-state index in [1.54, 1.807) is 11.3 Å². The molecule has 0 amide bonds. The number of hydrogen-bond donors (Lipinski definition) is 0. The van der Waals surface area contributed by atoms with E-state index in [1.165, 1.54) is 20.9 Å². The maximum Gasteiger partial charge on any atom is 0.166 e. The number of fused-ring (bicyclic) bond motifs is 6. The quantitative estimate of drug-likeness (QED) is 0.108. The van der Waals surface area contributed by atoms with Crippen LogP contribution in [0, 0.1) is 0 Å². The molecular weight excluding hydrogens is 1300 g/mol. The van der Waals surface area contributed by atoms with Crippen molar-refractivity contribution in [2.45, 2.75) is 0 Å². The predicted octanol–water partition coefficient (Wildman–Crippen LogP) is 21.6. The molecule has 19 rings (SSSR count).